The Balaban J connectivity index is 1.50. The van der Waals surface area contributed by atoms with Crippen molar-refractivity contribution >= 4 is 28.6 Å². The molecule has 156 valence electrons. The predicted octanol–water partition coefficient (Wildman–Crippen LogP) is 6.81. The van der Waals surface area contributed by atoms with Gasteiger partial charge in [-0.25, -0.2) is 0 Å². The Morgan fingerprint density at radius 2 is 1.77 bits per heavy atom. The summed E-state index contributed by atoms with van der Waals surface area (Å²) in [5, 5.41) is 3.59. The molecule has 0 aliphatic heterocycles. The number of aryl methyl sites for hydroxylation is 1. The number of carbonyl (C=O) groups is 1. The number of amides is 1. The second kappa shape index (κ2) is 8.14. The van der Waals surface area contributed by atoms with Gasteiger partial charge in [0.25, 0.3) is 0 Å². The number of nitrogens with one attached hydrogen (secondary N) is 2. The minimum absolute atomic E-state index is 0.0983. The fraction of sp³-hybridized carbons (Fsp3) is 0.0800. The molecule has 0 bridgehead atoms. The highest BCUT2D eigenvalue weighted by Crippen LogP contribution is 2.33. The van der Waals surface area contributed by atoms with Crippen LogP contribution in [0.5, 0.6) is 0 Å². The molecule has 0 fully saturated rings. The van der Waals surface area contributed by atoms with Gasteiger partial charge in [0.1, 0.15) is 0 Å². The van der Waals surface area contributed by atoms with Gasteiger partial charge in [-0.3, -0.25) is 4.79 Å². The third-order valence-corrected chi connectivity index (χ3v) is 5.01. The smallest absolute Gasteiger partial charge is 0.361 e. The highest BCUT2D eigenvalue weighted by Gasteiger charge is 2.32. The maximum Gasteiger partial charge on any atom is 0.416 e. The van der Waals surface area contributed by atoms with Gasteiger partial charge in [0, 0.05) is 23.5 Å². The van der Waals surface area contributed by atoms with Crippen LogP contribution in [0, 0.1) is 6.92 Å². The van der Waals surface area contributed by atoms with E-state index in [9.17, 15) is 18.0 Å². The quantitative estimate of drug-likeness (QED) is 0.350. The van der Waals surface area contributed by atoms with E-state index >= 15 is 0 Å². The number of anilines is 1. The van der Waals surface area contributed by atoms with Crippen LogP contribution in [-0.4, -0.2) is 10.9 Å². The molecule has 0 spiro atoms. The number of aromatic nitrogens is 1. The molecule has 0 aliphatic rings. The standard InChI is InChI=1S/C25H19F3N2O/c1-16-5-8-21(15-22(16)25(26,27)28)30-24(31)10-6-17-3-2-4-18(13-17)19-7-9-23-20(14-19)11-12-29-23/h2-15,29H,1H3,(H,30,31). The van der Waals surface area contributed by atoms with E-state index < -0.39 is 17.6 Å². The first-order chi connectivity index (χ1) is 14.8. The fourth-order valence-electron chi connectivity index (χ4n) is 3.42. The van der Waals surface area contributed by atoms with Crippen LogP contribution in [0.1, 0.15) is 16.7 Å². The lowest BCUT2D eigenvalue weighted by atomic mass is 10.0. The van der Waals surface area contributed by atoms with Gasteiger partial charge < -0.3 is 10.3 Å². The van der Waals surface area contributed by atoms with Crippen LogP contribution >= 0.6 is 0 Å². The van der Waals surface area contributed by atoms with E-state index in [0.717, 1.165) is 33.7 Å². The summed E-state index contributed by atoms with van der Waals surface area (Å²) < 4.78 is 39.2. The summed E-state index contributed by atoms with van der Waals surface area (Å²) in [4.78, 5) is 15.4. The molecule has 31 heavy (non-hydrogen) atoms. The van der Waals surface area contributed by atoms with E-state index in [0.29, 0.717) is 0 Å². The van der Waals surface area contributed by atoms with Crippen LogP contribution in [0.2, 0.25) is 0 Å². The van der Waals surface area contributed by atoms with Gasteiger partial charge in [0.15, 0.2) is 0 Å². The van der Waals surface area contributed by atoms with Gasteiger partial charge in [-0.1, -0.05) is 30.3 Å². The number of H-pyrrole nitrogens is 1. The van der Waals surface area contributed by atoms with Crippen molar-refractivity contribution in [2.75, 3.05) is 5.32 Å². The summed E-state index contributed by atoms with van der Waals surface area (Å²) >= 11 is 0. The SMILES string of the molecule is Cc1ccc(NC(=O)C=Cc2cccc(-c3ccc4[nH]ccc4c3)c2)cc1C(F)(F)F. The lowest BCUT2D eigenvalue weighted by Crippen LogP contribution is -2.11. The molecule has 0 saturated carbocycles. The zero-order chi connectivity index (χ0) is 22.0. The first-order valence-electron chi connectivity index (χ1n) is 9.64. The highest BCUT2D eigenvalue weighted by molar-refractivity contribution is 6.02. The van der Waals surface area contributed by atoms with Crippen LogP contribution in [0.15, 0.2) is 79.0 Å². The van der Waals surface area contributed by atoms with Crippen molar-refractivity contribution in [3.8, 4) is 11.1 Å². The summed E-state index contributed by atoms with van der Waals surface area (Å²) in [6, 6.07) is 19.5. The Morgan fingerprint density at radius 1 is 0.968 bits per heavy atom. The molecule has 0 aliphatic carbocycles. The summed E-state index contributed by atoms with van der Waals surface area (Å²) in [7, 11) is 0. The number of carbonyl (C=O) groups excluding carboxylic acids is 1. The molecule has 1 aromatic heterocycles. The maximum atomic E-state index is 13.1. The summed E-state index contributed by atoms with van der Waals surface area (Å²) in [5.41, 5.74) is 3.35. The van der Waals surface area contributed by atoms with Crippen molar-refractivity contribution in [1.82, 2.24) is 4.98 Å². The number of aromatic amines is 1. The highest BCUT2D eigenvalue weighted by atomic mass is 19.4. The molecule has 2 N–H and O–H groups in total. The van der Waals surface area contributed by atoms with Gasteiger partial charge in [0.2, 0.25) is 5.91 Å². The number of alkyl halides is 3. The van der Waals surface area contributed by atoms with Crippen LogP contribution < -0.4 is 5.32 Å². The number of fused-ring (bicyclic) bond motifs is 1. The van der Waals surface area contributed by atoms with Gasteiger partial charge in [-0.15, -0.1) is 0 Å². The summed E-state index contributed by atoms with van der Waals surface area (Å²) in [6.45, 7) is 1.38. The van der Waals surface area contributed by atoms with E-state index in [1.54, 1.807) is 6.08 Å². The average molecular weight is 420 g/mol. The van der Waals surface area contributed by atoms with Crippen molar-refractivity contribution in [2.24, 2.45) is 0 Å². The Kier molecular flexibility index (Phi) is 5.38. The van der Waals surface area contributed by atoms with Crippen molar-refractivity contribution in [3.63, 3.8) is 0 Å². The zero-order valence-electron chi connectivity index (χ0n) is 16.6. The maximum absolute atomic E-state index is 13.1. The first kappa shape index (κ1) is 20.5. The largest absolute Gasteiger partial charge is 0.416 e. The second-order valence-electron chi connectivity index (χ2n) is 7.26. The van der Waals surface area contributed by atoms with Crippen LogP contribution in [0.25, 0.3) is 28.1 Å². The van der Waals surface area contributed by atoms with Crippen LogP contribution in [0.4, 0.5) is 18.9 Å². The molecule has 0 radical (unpaired) electrons. The molecular formula is C25H19F3N2O. The Bertz CT molecular complexity index is 1290. The second-order valence-corrected chi connectivity index (χ2v) is 7.26. The Labute approximate surface area is 177 Å². The minimum Gasteiger partial charge on any atom is -0.361 e. The predicted molar refractivity (Wildman–Crippen MR) is 118 cm³/mol. The average Bonchev–Trinajstić information content (AvgIpc) is 3.21. The minimum atomic E-state index is -4.47. The monoisotopic (exact) mass is 420 g/mol. The summed E-state index contributed by atoms with van der Waals surface area (Å²) in [5.74, 6) is -0.504. The molecule has 0 saturated heterocycles. The normalized spacial score (nSPS) is 11.9. The van der Waals surface area contributed by atoms with Crippen LogP contribution in [0.3, 0.4) is 0 Å². The van der Waals surface area contributed by atoms with Gasteiger partial charge in [-0.2, -0.15) is 13.2 Å². The number of benzene rings is 3. The van der Waals surface area contributed by atoms with Crippen molar-refractivity contribution in [1.29, 1.82) is 0 Å². The van der Waals surface area contributed by atoms with Gasteiger partial charge >= 0.3 is 6.18 Å². The molecule has 4 rings (SSSR count). The van der Waals surface area contributed by atoms with E-state index in [2.05, 4.69) is 16.4 Å². The van der Waals surface area contributed by atoms with Gasteiger partial charge in [-0.05, 0) is 77.0 Å². The third-order valence-electron chi connectivity index (χ3n) is 5.01. The first-order valence-corrected chi connectivity index (χ1v) is 9.64. The van der Waals surface area contributed by atoms with E-state index in [-0.39, 0.29) is 11.3 Å². The molecule has 3 nitrogen and oxygen atoms in total. The number of rotatable bonds is 4. The van der Waals surface area contributed by atoms with Crippen molar-refractivity contribution in [2.45, 2.75) is 13.1 Å². The zero-order valence-corrected chi connectivity index (χ0v) is 16.6. The van der Waals surface area contributed by atoms with E-state index in [4.69, 9.17) is 0 Å². The van der Waals surface area contributed by atoms with Crippen molar-refractivity contribution < 1.29 is 18.0 Å². The molecule has 4 aromatic rings. The van der Waals surface area contributed by atoms with Gasteiger partial charge in [0.05, 0.1) is 5.56 Å². The Hall–Kier alpha value is -3.80. The molecular weight excluding hydrogens is 401 g/mol. The molecule has 0 unspecified atom stereocenters. The molecule has 1 heterocycles. The molecule has 1 amide bonds. The topological polar surface area (TPSA) is 44.9 Å². The Morgan fingerprint density at radius 3 is 2.58 bits per heavy atom. The fourth-order valence-corrected chi connectivity index (χ4v) is 3.42. The molecule has 0 atom stereocenters. The van der Waals surface area contributed by atoms with Crippen molar-refractivity contribution in [3.05, 3.63) is 95.7 Å². The van der Waals surface area contributed by atoms with E-state index in [1.165, 1.54) is 25.1 Å². The van der Waals surface area contributed by atoms with Crippen LogP contribution in [-0.2, 0) is 11.0 Å². The number of hydrogen-bond donors (Lipinski definition) is 2. The molecule has 3 aromatic carbocycles. The lowest BCUT2D eigenvalue weighted by molar-refractivity contribution is -0.138. The summed E-state index contributed by atoms with van der Waals surface area (Å²) in [6.07, 6.45) is 0.358. The third kappa shape index (κ3) is 4.69. The number of halogens is 3. The molecule has 6 heteroatoms. The van der Waals surface area contributed by atoms with E-state index in [1.807, 2.05) is 48.7 Å². The lowest BCUT2D eigenvalue weighted by Gasteiger charge is -2.12. The number of hydrogen-bond acceptors (Lipinski definition) is 1.